The van der Waals surface area contributed by atoms with Gasteiger partial charge in [0.25, 0.3) is 0 Å². The lowest BCUT2D eigenvalue weighted by atomic mass is 10.1. The number of hydrogen-bond acceptors (Lipinski definition) is 6. The zero-order chi connectivity index (χ0) is 16.4. The van der Waals surface area contributed by atoms with E-state index in [4.69, 9.17) is 17.0 Å². The normalized spacial score (nSPS) is 10.7. The molecule has 3 aromatic rings. The highest BCUT2D eigenvalue weighted by molar-refractivity contribution is 7.73. The number of carbonyl (C=O) groups is 1. The van der Waals surface area contributed by atoms with Crippen molar-refractivity contribution < 1.29 is 9.53 Å². The fourth-order valence-electron chi connectivity index (χ4n) is 2.00. The Bertz CT molecular complexity index is 893. The predicted molar refractivity (Wildman–Crippen MR) is 90.6 cm³/mol. The van der Waals surface area contributed by atoms with Crippen molar-refractivity contribution in [1.82, 2.24) is 20.0 Å². The second kappa shape index (κ2) is 6.43. The highest BCUT2D eigenvalue weighted by atomic mass is 32.1. The highest BCUT2D eigenvalue weighted by Crippen LogP contribution is 2.21. The van der Waals surface area contributed by atoms with Crippen molar-refractivity contribution in [1.29, 1.82) is 0 Å². The van der Waals surface area contributed by atoms with Crippen LogP contribution < -0.4 is 0 Å². The molecule has 0 fully saturated rings. The van der Waals surface area contributed by atoms with Crippen LogP contribution in [0.3, 0.4) is 0 Å². The van der Waals surface area contributed by atoms with E-state index in [1.807, 2.05) is 37.3 Å². The van der Waals surface area contributed by atoms with Gasteiger partial charge in [0, 0.05) is 6.07 Å². The molecule has 118 valence electrons. The van der Waals surface area contributed by atoms with Crippen molar-refractivity contribution in [3.63, 3.8) is 0 Å². The molecule has 2 heterocycles. The summed E-state index contributed by atoms with van der Waals surface area (Å²) in [6.45, 7) is 4.08. The maximum Gasteiger partial charge on any atom is 0.369 e. The van der Waals surface area contributed by atoms with Crippen molar-refractivity contribution in [2.75, 3.05) is 6.61 Å². The second-order valence-corrected chi connectivity index (χ2v) is 6.43. The average molecular weight is 346 g/mol. The van der Waals surface area contributed by atoms with Gasteiger partial charge in [-0.2, -0.15) is 9.78 Å². The molecule has 0 unspecified atom stereocenters. The second-order valence-electron chi connectivity index (χ2n) is 4.81. The van der Waals surface area contributed by atoms with Crippen LogP contribution in [0.5, 0.6) is 0 Å². The smallest absolute Gasteiger partial charge is 0.369 e. The number of esters is 1. The van der Waals surface area contributed by atoms with E-state index in [-0.39, 0.29) is 5.01 Å². The largest absolute Gasteiger partial charge is 0.461 e. The number of nitrogens with one attached hydrogen (secondary N) is 1. The van der Waals surface area contributed by atoms with Gasteiger partial charge in [0.15, 0.2) is 9.77 Å². The molecule has 0 aliphatic rings. The first kappa shape index (κ1) is 15.6. The molecular formula is C15H14N4O2S2. The lowest BCUT2D eigenvalue weighted by Crippen LogP contribution is -2.06. The molecular weight excluding hydrogens is 332 g/mol. The highest BCUT2D eigenvalue weighted by Gasteiger charge is 2.16. The number of nitrogens with zero attached hydrogens (tertiary/aromatic N) is 3. The zero-order valence-corrected chi connectivity index (χ0v) is 14.2. The van der Waals surface area contributed by atoms with Crippen LogP contribution in [0.1, 0.15) is 22.3 Å². The summed E-state index contributed by atoms with van der Waals surface area (Å²) >= 11 is 6.36. The number of H-pyrrole nitrogens is 1. The van der Waals surface area contributed by atoms with E-state index in [0.717, 1.165) is 22.6 Å². The van der Waals surface area contributed by atoms with Crippen LogP contribution in [0.2, 0.25) is 0 Å². The quantitative estimate of drug-likeness (QED) is 0.578. The number of benzene rings is 1. The van der Waals surface area contributed by atoms with Crippen LogP contribution >= 0.6 is 23.6 Å². The predicted octanol–water partition coefficient (Wildman–Crippen LogP) is 3.54. The molecule has 23 heavy (non-hydrogen) atoms. The molecule has 8 heteroatoms. The Hall–Kier alpha value is -2.32. The third-order valence-corrected chi connectivity index (χ3v) is 4.35. The van der Waals surface area contributed by atoms with Gasteiger partial charge in [-0.15, -0.1) is 5.10 Å². The number of aromatic nitrogens is 4. The van der Waals surface area contributed by atoms with Gasteiger partial charge in [0.1, 0.15) is 0 Å². The summed E-state index contributed by atoms with van der Waals surface area (Å²) < 4.78 is 6.84. The Balaban J connectivity index is 1.93. The summed E-state index contributed by atoms with van der Waals surface area (Å²) in [6.07, 6.45) is 0. The van der Waals surface area contributed by atoms with Crippen molar-refractivity contribution in [3.05, 3.63) is 44.9 Å². The molecule has 0 radical (unpaired) electrons. The van der Waals surface area contributed by atoms with Gasteiger partial charge in [-0.05, 0) is 31.6 Å². The number of ether oxygens (including phenoxy) is 1. The number of hydrogen-bond donors (Lipinski definition) is 1. The minimum Gasteiger partial charge on any atom is -0.461 e. The molecule has 0 aliphatic heterocycles. The molecule has 3 rings (SSSR count). The first-order valence-electron chi connectivity index (χ1n) is 6.98. The van der Waals surface area contributed by atoms with Crippen molar-refractivity contribution in [2.24, 2.45) is 0 Å². The minimum absolute atomic E-state index is 0.219. The number of rotatable bonds is 4. The Labute approximate surface area is 141 Å². The van der Waals surface area contributed by atoms with E-state index in [1.54, 1.807) is 6.92 Å². The maximum absolute atomic E-state index is 11.7. The summed E-state index contributed by atoms with van der Waals surface area (Å²) in [6, 6.07) is 9.93. The molecule has 0 saturated heterocycles. The van der Waals surface area contributed by atoms with Gasteiger partial charge in [-0.1, -0.05) is 41.2 Å². The standard InChI is InChI=1S/C15H14N4O2S2/c1-3-21-14(20)13-18-19(15(22)23-13)12-8-11(16-17-12)10-6-4-9(2)5-7-10/h4-8H,3H2,1-2H3,(H,16,17). The molecule has 1 aromatic carbocycles. The monoisotopic (exact) mass is 346 g/mol. The van der Waals surface area contributed by atoms with Gasteiger partial charge in [0.2, 0.25) is 5.01 Å². The molecule has 1 N–H and O–H groups in total. The zero-order valence-electron chi connectivity index (χ0n) is 12.6. The third kappa shape index (κ3) is 3.22. The van der Waals surface area contributed by atoms with E-state index in [9.17, 15) is 4.79 Å². The van der Waals surface area contributed by atoms with E-state index < -0.39 is 5.97 Å². The Kier molecular flexibility index (Phi) is 4.35. The lowest BCUT2D eigenvalue weighted by Gasteiger charge is -1.97. The molecule has 6 nitrogen and oxygen atoms in total. The van der Waals surface area contributed by atoms with Gasteiger partial charge >= 0.3 is 5.97 Å². The Morgan fingerprint density at radius 2 is 2.13 bits per heavy atom. The van der Waals surface area contributed by atoms with Gasteiger partial charge in [-0.3, -0.25) is 5.10 Å². The third-order valence-electron chi connectivity index (χ3n) is 3.14. The molecule has 0 atom stereocenters. The summed E-state index contributed by atoms with van der Waals surface area (Å²) in [5, 5.41) is 11.6. The SMILES string of the molecule is CCOC(=O)c1nn(-c2cc(-c3ccc(C)cc3)[nH]n2)c(=S)s1. The van der Waals surface area contributed by atoms with Crippen LogP contribution in [0.4, 0.5) is 0 Å². The summed E-state index contributed by atoms with van der Waals surface area (Å²) in [7, 11) is 0. The molecule has 0 amide bonds. The molecule has 0 aliphatic carbocycles. The van der Waals surface area contributed by atoms with Gasteiger partial charge < -0.3 is 4.74 Å². The molecule has 0 saturated carbocycles. The first-order chi connectivity index (χ1) is 11.1. The minimum atomic E-state index is -0.475. The molecule has 0 spiro atoms. The Morgan fingerprint density at radius 3 is 2.83 bits per heavy atom. The average Bonchev–Trinajstić information content (AvgIpc) is 3.15. The van der Waals surface area contributed by atoms with Crippen LogP contribution in [0, 0.1) is 10.9 Å². The maximum atomic E-state index is 11.7. The van der Waals surface area contributed by atoms with E-state index in [1.165, 1.54) is 10.2 Å². The van der Waals surface area contributed by atoms with Crippen molar-refractivity contribution in [3.8, 4) is 17.1 Å². The van der Waals surface area contributed by atoms with Crippen LogP contribution in [-0.2, 0) is 4.74 Å². The van der Waals surface area contributed by atoms with Crippen LogP contribution in [0.15, 0.2) is 30.3 Å². The van der Waals surface area contributed by atoms with Crippen LogP contribution in [-0.4, -0.2) is 32.6 Å². The molecule has 0 bridgehead atoms. The fraction of sp³-hybridized carbons (Fsp3) is 0.200. The van der Waals surface area contributed by atoms with Gasteiger partial charge in [0.05, 0.1) is 12.3 Å². The van der Waals surface area contributed by atoms with E-state index >= 15 is 0 Å². The van der Waals surface area contributed by atoms with Crippen LogP contribution in [0.25, 0.3) is 17.1 Å². The number of aryl methyl sites for hydroxylation is 1. The lowest BCUT2D eigenvalue weighted by molar-refractivity contribution is 0.0524. The number of aromatic amines is 1. The first-order valence-corrected chi connectivity index (χ1v) is 8.21. The van der Waals surface area contributed by atoms with E-state index in [0.29, 0.717) is 16.4 Å². The summed E-state index contributed by atoms with van der Waals surface area (Å²) in [4.78, 5) is 11.7. The number of carbonyl (C=O) groups excluding carboxylic acids is 1. The summed E-state index contributed by atoms with van der Waals surface area (Å²) in [5.74, 6) is 0.0639. The Morgan fingerprint density at radius 1 is 1.39 bits per heavy atom. The van der Waals surface area contributed by atoms with Crippen molar-refractivity contribution >= 4 is 29.5 Å². The van der Waals surface area contributed by atoms with E-state index in [2.05, 4.69) is 15.3 Å². The van der Waals surface area contributed by atoms with Crippen molar-refractivity contribution in [2.45, 2.75) is 13.8 Å². The summed E-state index contributed by atoms with van der Waals surface area (Å²) in [5.41, 5.74) is 3.06. The van der Waals surface area contributed by atoms with Gasteiger partial charge in [-0.25, -0.2) is 4.79 Å². The topological polar surface area (TPSA) is 72.8 Å². The fourth-order valence-corrected chi connectivity index (χ4v) is 3.02. The molecule has 2 aromatic heterocycles.